The van der Waals surface area contributed by atoms with E-state index >= 15 is 0 Å². The van der Waals surface area contributed by atoms with Crippen molar-refractivity contribution in [2.75, 3.05) is 29.3 Å². The fourth-order valence-electron chi connectivity index (χ4n) is 1.64. The van der Waals surface area contributed by atoms with Gasteiger partial charge in [-0.15, -0.1) is 0 Å². The van der Waals surface area contributed by atoms with Gasteiger partial charge in [0.25, 0.3) is 0 Å². The summed E-state index contributed by atoms with van der Waals surface area (Å²) in [6.45, 7) is 5.20. The molecule has 1 rings (SSSR count). The third-order valence-electron chi connectivity index (χ3n) is 2.50. The Hall–Kier alpha value is -1.01. The highest BCUT2D eigenvalue weighted by atomic mass is 32.2. The molecule has 0 amide bonds. The van der Waals surface area contributed by atoms with E-state index < -0.39 is 0 Å². The first-order valence-electron chi connectivity index (χ1n) is 5.76. The quantitative estimate of drug-likeness (QED) is 0.509. The van der Waals surface area contributed by atoms with E-state index in [4.69, 9.17) is 5.84 Å². The minimum absolute atomic E-state index is 0.610. The lowest BCUT2D eigenvalue weighted by Gasteiger charge is -2.15. The largest absolute Gasteiger partial charge is 0.369 e. The average molecular weight is 255 g/mol. The Labute approximate surface area is 107 Å². The molecule has 4 N–H and O–H groups in total. The Morgan fingerprint density at radius 1 is 1.41 bits per heavy atom. The van der Waals surface area contributed by atoms with E-state index in [1.807, 2.05) is 11.8 Å². The summed E-state index contributed by atoms with van der Waals surface area (Å²) in [6, 6.07) is 0. The van der Waals surface area contributed by atoms with E-state index in [-0.39, 0.29) is 0 Å². The predicted molar refractivity (Wildman–Crippen MR) is 75.3 cm³/mol. The molecule has 0 aliphatic carbocycles. The molecule has 1 aromatic rings. The molecule has 17 heavy (non-hydrogen) atoms. The van der Waals surface area contributed by atoms with Crippen molar-refractivity contribution in [1.29, 1.82) is 0 Å². The first-order valence-corrected chi connectivity index (χ1v) is 7.15. The summed E-state index contributed by atoms with van der Waals surface area (Å²) < 4.78 is 0. The van der Waals surface area contributed by atoms with E-state index in [0.29, 0.717) is 11.7 Å². The molecule has 1 aromatic heterocycles. The van der Waals surface area contributed by atoms with Crippen molar-refractivity contribution in [1.82, 2.24) is 9.97 Å². The number of rotatable bonds is 7. The third kappa shape index (κ3) is 4.05. The second-order valence-electron chi connectivity index (χ2n) is 3.99. The summed E-state index contributed by atoms with van der Waals surface area (Å²) >= 11 is 1.86. The van der Waals surface area contributed by atoms with Crippen molar-refractivity contribution < 1.29 is 0 Å². The lowest BCUT2D eigenvalue weighted by Crippen LogP contribution is -2.17. The highest BCUT2D eigenvalue weighted by molar-refractivity contribution is 7.98. The number of nitrogen functional groups attached to an aromatic ring is 1. The van der Waals surface area contributed by atoms with Gasteiger partial charge in [0.2, 0.25) is 0 Å². The molecule has 1 unspecified atom stereocenters. The number of anilines is 2. The molecule has 0 aliphatic rings. The van der Waals surface area contributed by atoms with E-state index in [2.05, 4.69) is 40.8 Å². The Kier molecular flexibility index (Phi) is 6.07. The molecular weight excluding hydrogens is 234 g/mol. The number of nitrogens with one attached hydrogen (secondary N) is 2. The van der Waals surface area contributed by atoms with Crippen LogP contribution in [0.1, 0.15) is 19.4 Å². The van der Waals surface area contributed by atoms with Gasteiger partial charge in [-0.1, -0.05) is 13.8 Å². The van der Waals surface area contributed by atoms with Gasteiger partial charge in [-0.2, -0.15) is 11.8 Å². The lowest BCUT2D eigenvalue weighted by molar-refractivity contribution is 0.698. The topological polar surface area (TPSA) is 75.9 Å². The number of nitrogens with two attached hydrogens (primary N) is 1. The molecule has 1 heterocycles. The van der Waals surface area contributed by atoms with Gasteiger partial charge in [0.05, 0.1) is 0 Å². The lowest BCUT2D eigenvalue weighted by atomic mass is 10.2. The van der Waals surface area contributed by atoms with Crippen molar-refractivity contribution in [3.05, 3.63) is 11.9 Å². The molecule has 0 aliphatic heterocycles. The van der Waals surface area contributed by atoms with Crippen LogP contribution in [0.5, 0.6) is 0 Å². The minimum atomic E-state index is 0.610. The van der Waals surface area contributed by atoms with Crippen LogP contribution >= 0.6 is 11.8 Å². The zero-order chi connectivity index (χ0) is 12.7. The van der Waals surface area contributed by atoms with Gasteiger partial charge < -0.3 is 10.7 Å². The molecule has 0 fully saturated rings. The number of hydrazine groups is 1. The van der Waals surface area contributed by atoms with E-state index in [0.717, 1.165) is 30.1 Å². The smallest absolute Gasteiger partial charge is 0.148 e. The van der Waals surface area contributed by atoms with Crippen LogP contribution < -0.4 is 16.6 Å². The molecule has 0 bridgehead atoms. The van der Waals surface area contributed by atoms with Crippen LogP contribution in [0.4, 0.5) is 11.6 Å². The van der Waals surface area contributed by atoms with Gasteiger partial charge in [0, 0.05) is 12.1 Å². The van der Waals surface area contributed by atoms with E-state index in [1.54, 1.807) is 0 Å². The minimum Gasteiger partial charge on any atom is -0.369 e. The highest BCUT2D eigenvalue weighted by Crippen LogP contribution is 2.19. The van der Waals surface area contributed by atoms with Gasteiger partial charge >= 0.3 is 0 Å². The maximum absolute atomic E-state index is 5.43. The number of thioether (sulfide) groups is 1. The van der Waals surface area contributed by atoms with Gasteiger partial charge in [0.15, 0.2) is 0 Å². The molecule has 0 saturated carbocycles. The van der Waals surface area contributed by atoms with Crippen LogP contribution in [-0.2, 0) is 6.42 Å². The Balaban J connectivity index is 2.70. The number of aromatic nitrogens is 2. The van der Waals surface area contributed by atoms with E-state index in [1.165, 1.54) is 6.33 Å². The number of hydrogen-bond acceptors (Lipinski definition) is 6. The molecular formula is C11H21N5S. The Morgan fingerprint density at radius 2 is 2.12 bits per heavy atom. The Morgan fingerprint density at radius 3 is 2.71 bits per heavy atom. The van der Waals surface area contributed by atoms with Crippen molar-refractivity contribution in [2.24, 2.45) is 11.8 Å². The molecule has 0 aromatic carbocycles. The fourth-order valence-corrected chi connectivity index (χ4v) is 2.33. The molecule has 0 spiro atoms. The van der Waals surface area contributed by atoms with Gasteiger partial charge in [-0.25, -0.2) is 15.8 Å². The summed E-state index contributed by atoms with van der Waals surface area (Å²) in [6.07, 6.45) is 4.49. The van der Waals surface area contributed by atoms with Crippen LogP contribution in [0.3, 0.4) is 0 Å². The molecule has 0 saturated heterocycles. The second-order valence-corrected chi connectivity index (χ2v) is 4.90. The van der Waals surface area contributed by atoms with Crippen molar-refractivity contribution in [3.8, 4) is 0 Å². The molecule has 96 valence electrons. The van der Waals surface area contributed by atoms with Crippen LogP contribution in [-0.4, -0.2) is 28.5 Å². The zero-order valence-electron chi connectivity index (χ0n) is 10.7. The van der Waals surface area contributed by atoms with Crippen molar-refractivity contribution in [3.63, 3.8) is 0 Å². The fraction of sp³-hybridized carbons (Fsp3) is 0.636. The van der Waals surface area contributed by atoms with Crippen LogP contribution in [0.15, 0.2) is 6.33 Å². The summed E-state index contributed by atoms with van der Waals surface area (Å²) in [4.78, 5) is 8.37. The monoisotopic (exact) mass is 255 g/mol. The average Bonchev–Trinajstić information content (AvgIpc) is 2.36. The van der Waals surface area contributed by atoms with Crippen LogP contribution in [0.25, 0.3) is 0 Å². The van der Waals surface area contributed by atoms with Crippen molar-refractivity contribution >= 4 is 23.4 Å². The van der Waals surface area contributed by atoms with Crippen molar-refractivity contribution in [2.45, 2.75) is 20.3 Å². The summed E-state index contributed by atoms with van der Waals surface area (Å²) in [5.41, 5.74) is 3.64. The Bertz CT molecular complexity index is 345. The maximum Gasteiger partial charge on any atom is 0.148 e. The summed E-state index contributed by atoms with van der Waals surface area (Å²) in [7, 11) is 0. The normalized spacial score (nSPS) is 12.2. The van der Waals surface area contributed by atoms with Gasteiger partial charge in [-0.3, -0.25) is 0 Å². The predicted octanol–water partition coefficient (Wildman–Crippen LogP) is 1.74. The molecule has 1 atom stereocenters. The first-order chi connectivity index (χ1) is 8.22. The second kappa shape index (κ2) is 7.34. The SMILES string of the molecule is CCc1c(NN)ncnc1NCC(C)CSC. The maximum atomic E-state index is 5.43. The summed E-state index contributed by atoms with van der Waals surface area (Å²) in [5, 5.41) is 3.36. The van der Waals surface area contributed by atoms with Crippen LogP contribution in [0, 0.1) is 5.92 Å². The highest BCUT2D eigenvalue weighted by Gasteiger charge is 2.09. The molecule has 6 heteroatoms. The van der Waals surface area contributed by atoms with Gasteiger partial charge in [-0.05, 0) is 24.3 Å². The molecule has 5 nitrogen and oxygen atoms in total. The standard InChI is InChI=1S/C11H21N5S/c1-4-9-10(13-5-8(2)6-17-3)14-7-15-11(9)16-12/h7-8H,4-6,12H2,1-3H3,(H2,13,14,15,16). The molecule has 0 radical (unpaired) electrons. The van der Waals surface area contributed by atoms with E-state index in [9.17, 15) is 0 Å². The number of hydrogen-bond donors (Lipinski definition) is 3. The van der Waals surface area contributed by atoms with Gasteiger partial charge in [0.1, 0.15) is 18.0 Å². The first kappa shape index (κ1) is 14.1. The number of nitrogens with zero attached hydrogens (tertiary/aromatic N) is 2. The third-order valence-corrected chi connectivity index (χ3v) is 3.41. The van der Waals surface area contributed by atoms with Crippen LogP contribution in [0.2, 0.25) is 0 Å². The zero-order valence-corrected chi connectivity index (χ0v) is 11.5. The summed E-state index contributed by atoms with van der Waals surface area (Å²) in [5.74, 6) is 8.75.